The number of hydrogen-bond donors (Lipinski definition) is 0. The maximum Gasteiger partial charge on any atom is 0.341 e. The number of epoxide rings is 1. The summed E-state index contributed by atoms with van der Waals surface area (Å²) in [5.74, 6) is 0.890. The Kier molecular flexibility index (Phi) is 1.89. The number of hydrogen-bond acceptors (Lipinski definition) is 4. The van der Waals surface area contributed by atoms with Crippen molar-refractivity contribution in [3.63, 3.8) is 0 Å². The van der Waals surface area contributed by atoms with E-state index >= 15 is 0 Å². The van der Waals surface area contributed by atoms with Gasteiger partial charge in [-0.15, -0.1) is 0 Å². The summed E-state index contributed by atoms with van der Waals surface area (Å²) >= 11 is 0. The molecule has 0 amide bonds. The van der Waals surface area contributed by atoms with E-state index in [4.69, 9.17) is 9.15 Å². The third-order valence-electron chi connectivity index (χ3n) is 2.42. The number of furan rings is 1. The van der Waals surface area contributed by atoms with Crippen molar-refractivity contribution in [2.45, 2.75) is 19.4 Å². The molecule has 76 valence electrons. The summed E-state index contributed by atoms with van der Waals surface area (Å²) in [6.45, 7) is 4.30. The van der Waals surface area contributed by atoms with E-state index in [2.05, 4.69) is 4.74 Å². The van der Waals surface area contributed by atoms with Crippen LogP contribution in [0.25, 0.3) is 0 Å². The number of aryl methyl sites for hydroxylation is 1. The van der Waals surface area contributed by atoms with E-state index in [0.29, 0.717) is 23.7 Å². The van der Waals surface area contributed by atoms with Gasteiger partial charge in [0.15, 0.2) is 0 Å². The average molecular weight is 196 g/mol. The molecular weight excluding hydrogens is 184 g/mol. The highest BCUT2D eigenvalue weighted by molar-refractivity contribution is 5.90. The standard InChI is InChI=1S/C10H12O4/c1-6-7(9(11)12-3)4-8(14-6)10(2)5-13-10/h4H,5H2,1-3H3. The van der Waals surface area contributed by atoms with E-state index in [-0.39, 0.29) is 11.6 Å². The Morgan fingerprint density at radius 1 is 1.64 bits per heavy atom. The summed E-state index contributed by atoms with van der Waals surface area (Å²) in [6.07, 6.45) is 0. The molecule has 0 radical (unpaired) electrons. The summed E-state index contributed by atoms with van der Waals surface area (Å²) in [6, 6.07) is 1.69. The minimum absolute atomic E-state index is 0.336. The zero-order valence-electron chi connectivity index (χ0n) is 8.42. The lowest BCUT2D eigenvalue weighted by Crippen LogP contribution is -2.02. The highest BCUT2D eigenvalue weighted by Crippen LogP contribution is 2.39. The molecule has 1 aromatic heterocycles. The first-order valence-corrected chi connectivity index (χ1v) is 4.40. The molecule has 0 saturated carbocycles. The molecule has 0 bridgehead atoms. The Bertz CT molecular complexity index is 373. The van der Waals surface area contributed by atoms with Crippen molar-refractivity contribution in [1.29, 1.82) is 0 Å². The van der Waals surface area contributed by atoms with Crippen LogP contribution in [0.15, 0.2) is 10.5 Å². The maximum absolute atomic E-state index is 11.3. The molecule has 14 heavy (non-hydrogen) atoms. The SMILES string of the molecule is COC(=O)c1cc(C2(C)CO2)oc1C. The van der Waals surface area contributed by atoms with Crippen molar-refractivity contribution in [2.75, 3.05) is 13.7 Å². The molecule has 0 aliphatic carbocycles. The van der Waals surface area contributed by atoms with Gasteiger partial charge in [-0.25, -0.2) is 4.79 Å². The smallest absolute Gasteiger partial charge is 0.341 e. The van der Waals surface area contributed by atoms with Gasteiger partial charge in [-0.1, -0.05) is 0 Å². The Morgan fingerprint density at radius 3 is 2.79 bits per heavy atom. The first kappa shape index (κ1) is 9.27. The first-order chi connectivity index (χ1) is 6.57. The highest BCUT2D eigenvalue weighted by atomic mass is 16.6. The van der Waals surface area contributed by atoms with Crippen LogP contribution >= 0.6 is 0 Å². The molecule has 0 spiro atoms. The van der Waals surface area contributed by atoms with Gasteiger partial charge in [0.1, 0.15) is 22.7 Å². The minimum atomic E-state index is -0.373. The zero-order valence-corrected chi connectivity index (χ0v) is 8.42. The van der Waals surface area contributed by atoms with Crippen LogP contribution in [0.3, 0.4) is 0 Å². The largest absolute Gasteiger partial charge is 0.465 e. The third-order valence-corrected chi connectivity index (χ3v) is 2.42. The van der Waals surface area contributed by atoms with E-state index in [1.54, 1.807) is 13.0 Å². The molecule has 1 saturated heterocycles. The van der Waals surface area contributed by atoms with Gasteiger partial charge in [0.25, 0.3) is 0 Å². The van der Waals surface area contributed by atoms with Crippen LogP contribution in [0.2, 0.25) is 0 Å². The van der Waals surface area contributed by atoms with Crippen LogP contribution in [0.1, 0.15) is 28.8 Å². The lowest BCUT2D eigenvalue weighted by molar-refractivity contribution is 0.0599. The Hall–Kier alpha value is -1.29. The van der Waals surface area contributed by atoms with E-state index in [9.17, 15) is 4.79 Å². The van der Waals surface area contributed by atoms with Crippen molar-refractivity contribution in [3.05, 3.63) is 23.2 Å². The molecule has 0 N–H and O–H groups in total. The number of methoxy groups -OCH3 is 1. The van der Waals surface area contributed by atoms with Gasteiger partial charge < -0.3 is 13.9 Å². The van der Waals surface area contributed by atoms with Gasteiger partial charge in [0.05, 0.1) is 13.7 Å². The molecule has 1 aliphatic heterocycles. The quantitative estimate of drug-likeness (QED) is 0.532. The highest BCUT2D eigenvalue weighted by Gasteiger charge is 2.45. The molecule has 0 aromatic carbocycles. The van der Waals surface area contributed by atoms with Crippen molar-refractivity contribution < 1.29 is 18.7 Å². The van der Waals surface area contributed by atoms with Crippen LogP contribution in [0, 0.1) is 6.92 Å². The molecule has 1 fully saturated rings. The Morgan fingerprint density at radius 2 is 2.29 bits per heavy atom. The van der Waals surface area contributed by atoms with Crippen molar-refractivity contribution in [2.24, 2.45) is 0 Å². The molecule has 2 rings (SSSR count). The van der Waals surface area contributed by atoms with Gasteiger partial charge in [-0.3, -0.25) is 0 Å². The number of carbonyl (C=O) groups is 1. The maximum atomic E-state index is 11.3. The Balaban J connectivity index is 2.34. The minimum Gasteiger partial charge on any atom is -0.465 e. The third kappa shape index (κ3) is 1.32. The van der Waals surface area contributed by atoms with Crippen molar-refractivity contribution >= 4 is 5.97 Å². The molecule has 1 atom stereocenters. The molecule has 1 aromatic rings. The fraction of sp³-hybridized carbons (Fsp3) is 0.500. The number of esters is 1. The van der Waals surface area contributed by atoms with Crippen molar-refractivity contribution in [3.8, 4) is 0 Å². The fourth-order valence-corrected chi connectivity index (χ4v) is 1.31. The van der Waals surface area contributed by atoms with Crippen molar-refractivity contribution in [1.82, 2.24) is 0 Å². The second-order valence-electron chi connectivity index (χ2n) is 3.59. The monoisotopic (exact) mass is 196 g/mol. The van der Waals surface area contributed by atoms with Crippen LogP contribution in [-0.4, -0.2) is 19.7 Å². The molecule has 4 heteroatoms. The topological polar surface area (TPSA) is 52.0 Å². The van der Waals surface area contributed by atoms with E-state index in [1.807, 2.05) is 6.92 Å². The fourth-order valence-electron chi connectivity index (χ4n) is 1.31. The zero-order chi connectivity index (χ0) is 10.3. The number of rotatable bonds is 2. The molecule has 1 aliphatic rings. The van der Waals surface area contributed by atoms with E-state index < -0.39 is 0 Å². The molecule has 1 unspecified atom stereocenters. The number of carbonyl (C=O) groups excluding carboxylic acids is 1. The molecule has 4 nitrogen and oxygen atoms in total. The average Bonchev–Trinajstić information content (AvgIpc) is 2.78. The molecule has 2 heterocycles. The second kappa shape index (κ2) is 2.85. The molecular formula is C10H12O4. The van der Waals surface area contributed by atoms with Gasteiger partial charge in [0.2, 0.25) is 0 Å². The Labute approximate surface area is 81.8 Å². The predicted octanol–water partition coefficient (Wildman–Crippen LogP) is 1.62. The predicted molar refractivity (Wildman–Crippen MR) is 48.1 cm³/mol. The lowest BCUT2D eigenvalue weighted by Gasteiger charge is -1.96. The van der Waals surface area contributed by atoms with Crippen LogP contribution in [0.5, 0.6) is 0 Å². The summed E-state index contributed by atoms with van der Waals surface area (Å²) in [7, 11) is 1.35. The van der Waals surface area contributed by atoms with Gasteiger partial charge >= 0.3 is 5.97 Å². The van der Waals surface area contributed by atoms with Gasteiger partial charge in [-0.2, -0.15) is 0 Å². The summed E-state index contributed by atoms with van der Waals surface area (Å²) in [5.41, 5.74) is 0.135. The van der Waals surface area contributed by atoms with Crippen LogP contribution in [-0.2, 0) is 15.1 Å². The van der Waals surface area contributed by atoms with Crippen LogP contribution < -0.4 is 0 Å². The second-order valence-corrected chi connectivity index (χ2v) is 3.59. The van der Waals surface area contributed by atoms with E-state index in [1.165, 1.54) is 7.11 Å². The van der Waals surface area contributed by atoms with Gasteiger partial charge in [0, 0.05) is 0 Å². The van der Waals surface area contributed by atoms with Crippen LogP contribution in [0.4, 0.5) is 0 Å². The summed E-state index contributed by atoms with van der Waals surface area (Å²) < 4.78 is 15.3. The normalized spacial score (nSPS) is 24.8. The van der Waals surface area contributed by atoms with E-state index in [0.717, 1.165) is 0 Å². The summed E-state index contributed by atoms with van der Waals surface area (Å²) in [5, 5.41) is 0. The number of ether oxygens (including phenoxy) is 2. The van der Waals surface area contributed by atoms with Gasteiger partial charge in [-0.05, 0) is 19.9 Å². The lowest BCUT2D eigenvalue weighted by atomic mass is 10.1. The first-order valence-electron chi connectivity index (χ1n) is 4.40. The summed E-state index contributed by atoms with van der Waals surface area (Å²) in [4.78, 5) is 11.3.